The van der Waals surface area contributed by atoms with Crippen molar-refractivity contribution in [1.29, 1.82) is 0 Å². The number of benzene rings is 1. The first kappa shape index (κ1) is 11.2. The van der Waals surface area contributed by atoms with Crippen LogP contribution >= 0.6 is 0 Å². The molecule has 1 aromatic rings. The molecule has 1 aliphatic rings. The predicted octanol–water partition coefficient (Wildman–Crippen LogP) is 0.746. The first-order valence-corrected chi connectivity index (χ1v) is 5.20. The first-order chi connectivity index (χ1) is 8.22. The van der Waals surface area contributed by atoms with Crippen molar-refractivity contribution in [2.45, 2.75) is 6.04 Å². The van der Waals surface area contributed by atoms with Gasteiger partial charge in [0, 0.05) is 0 Å². The predicted molar refractivity (Wildman–Crippen MR) is 60.7 cm³/mol. The highest BCUT2D eigenvalue weighted by Crippen LogP contribution is 2.24. The van der Waals surface area contributed by atoms with Gasteiger partial charge in [0.1, 0.15) is 13.2 Å². The Balaban J connectivity index is 2.28. The second-order valence-corrected chi connectivity index (χ2v) is 3.69. The molecule has 4 nitrogen and oxygen atoms in total. The Morgan fingerprint density at radius 1 is 1.41 bits per heavy atom. The summed E-state index contributed by atoms with van der Waals surface area (Å²) in [6.07, 6.45) is 5.10. The Hall–Kier alpha value is -2.28. The van der Waals surface area contributed by atoms with Crippen LogP contribution < -0.4 is 0 Å². The Kier molecular flexibility index (Phi) is 3.10. The van der Waals surface area contributed by atoms with E-state index in [9.17, 15) is 9.59 Å². The Labute approximate surface area is 99.2 Å². The molecule has 0 radical (unpaired) electrons. The first-order valence-electron chi connectivity index (χ1n) is 5.20. The van der Waals surface area contributed by atoms with E-state index in [4.69, 9.17) is 11.2 Å². The van der Waals surface area contributed by atoms with E-state index in [1.807, 2.05) is 36.3 Å². The molecule has 1 saturated heterocycles. The summed E-state index contributed by atoms with van der Waals surface area (Å²) < 4.78 is 4.97. The van der Waals surface area contributed by atoms with Crippen LogP contribution in [0.5, 0.6) is 0 Å². The Bertz CT molecular complexity index is 475. The fourth-order valence-corrected chi connectivity index (χ4v) is 1.80. The molecule has 0 aliphatic carbocycles. The molecule has 0 spiro atoms. The van der Waals surface area contributed by atoms with Crippen LogP contribution in [0.1, 0.15) is 11.6 Å². The molecule has 1 amide bonds. The zero-order valence-corrected chi connectivity index (χ0v) is 9.13. The molecule has 17 heavy (non-hydrogen) atoms. The largest absolute Gasteiger partial charge is 0.462 e. The van der Waals surface area contributed by atoms with Crippen molar-refractivity contribution in [2.24, 2.45) is 0 Å². The third kappa shape index (κ3) is 2.28. The minimum atomic E-state index is -0.490. The standard InChI is InChI=1S/C13H11NO3/c1-2-12(15)14-8-13(16)17-9-11(14)10-6-4-3-5-7-10/h1,3-7,11H,8-9H2/t11-/m0/s1. The van der Waals surface area contributed by atoms with E-state index < -0.39 is 11.9 Å². The van der Waals surface area contributed by atoms with Gasteiger partial charge < -0.3 is 9.64 Å². The summed E-state index contributed by atoms with van der Waals surface area (Å²) in [6.45, 7) is 0.0544. The van der Waals surface area contributed by atoms with E-state index in [2.05, 4.69) is 0 Å². The van der Waals surface area contributed by atoms with E-state index in [0.717, 1.165) is 5.56 Å². The number of hydrogen-bond donors (Lipinski definition) is 0. The average molecular weight is 229 g/mol. The lowest BCUT2D eigenvalue weighted by Gasteiger charge is -2.33. The molecule has 1 heterocycles. The number of cyclic esters (lactones) is 1. The van der Waals surface area contributed by atoms with Gasteiger partial charge in [-0.15, -0.1) is 6.42 Å². The van der Waals surface area contributed by atoms with Crippen LogP contribution in [-0.4, -0.2) is 29.9 Å². The highest BCUT2D eigenvalue weighted by atomic mass is 16.5. The molecule has 1 fully saturated rings. The zero-order valence-electron chi connectivity index (χ0n) is 9.13. The molecule has 2 rings (SSSR count). The van der Waals surface area contributed by atoms with Crippen LogP contribution in [0.4, 0.5) is 0 Å². The minimum Gasteiger partial charge on any atom is -0.462 e. The highest BCUT2D eigenvalue weighted by molar-refractivity contribution is 5.95. The Morgan fingerprint density at radius 3 is 2.76 bits per heavy atom. The van der Waals surface area contributed by atoms with Crippen LogP contribution in [0.3, 0.4) is 0 Å². The third-order valence-corrected chi connectivity index (χ3v) is 2.65. The van der Waals surface area contributed by atoms with E-state index in [-0.39, 0.29) is 19.2 Å². The number of terminal acetylenes is 1. The second-order valence-electron chi connectivity index (χ2n) is 3.69. The van der Waals surface area contributed by atoms with Crippen LogP contribution in [0.25, 0.3) is 0 Å². The van der Waals surface area contributed by atoms with Crippen molar-refractivity contribution in [1.82, 2.24) is 4.90 Å². The molecule has 0 unspecified atom stereocenters. The number of esters is 1. The summed E-state index contributed by atoms with van der Waals surface area (Å²) in [4.78, 5) is 24.1. The van der Waals surface area contributed by atoms with Crippen molar-refractivity contribution >= 4 is 11.9 Å². The normalized spacial score (nSPS) is 19.4. The van der Waals surface area contributed by atoms with Crippen molar-refractivity contribution in [2.75, 3.05) is 13.2 Å². The number of carbonyl (C=O) groups excluding carboxylic acids is 2. The molecule has 1 aromatic carbocycles. The van der Waals surface area contributed by atoms with Crippen LogP contribution in [0.2, 0.25) is 0 Å². The zero-order chi connectivity index (χ0) is 12.3. The van der Waals surface area contributed by atoms with Gasteiger partial charge >= 0.3 is 5.97 Å². The number of morpholine rings is 1. The maximum absolute atomic E-state index is 11.6. The maximum Gasteiger partial charge on any atom is 0.325 e. The highest BCUT2D eigenvalue weighted by Gasteiger charge is 2.31. The summed E-state index contributed by atoms with van der Waals surface area (Å²) >= 11 is 0. The lowest BCUT2D eigenvalue weighted by atomic mass is 10.0. The summed E-state index contributed by atoms with van der Waals surface area (Å²) in [5.41, 5.74) is 0.906. The maximum atomic E-state index is 11.6. The number of hydrogen-bond acceptors (Lipinski definition) is 3. The van der Waals surface area contributed by atoms with Gasteiger partial charge in [-0.1, -0.05) is 30.3 Å². The van der Waals surface area contributed by atoms with Gasteiger partial charge in [0.2, 0.25) is 0 Å². The summed E-state index contributed by atoms with van der Waals surface area (Å²) in [5.74, 6) is 1.11. The van der Waals surface area contributed by atoms with Crippen molar-refractivity contribution < 1.29 is 14.3 Å². The van der Waals surface area contributed by atoms with Crippen LogP contribution in [-0.2, 0) is 14.3 Å². The molecule has 0 N–H and O–H groups in total. The summed E-state index contributed by atoms with van der Waals surface area (Å²) in [5, 5.41) is 0. The van der Waals surface area contributed by atoms with Crippen molar-refractivity contribution in [3.8, 4) is 12.3 Å². The molecule has 86 valence electrons. The third-order valence-electron chi connectivity index (χ3n) is 2.65. The summed E-state index contributed by atoms with van der Waals surface area (Å²) in [6, 6.07) is 9.07. The number of rotatable bonds is 1. The molecular weight excluding hydrogens is 218 g/mol. The van der Waals surface area contributed by atoms with Gasteiger partial charge in [-0.25, -0.2) is 0 Å². The molecule has 0 aromatic heterocycles. The molecule has 0 saturated carbocycles. The minimum absolute atomic E-state index is 0.0946. The van der Waals surface area contributed by atoms with E-state index in [0.29, 0.717) is 0 Å². The van der Waals surface area contributed by atoms with Crippen LogP contribution in [0, 0.1) is 12.3 Å². The van der Waals surface area contributed by atoms with Crippen LogP contribution in [0.15, 0.2) is 30.3 Å². The van der Waals surface area contributed by atoms with E-state index in [1.165, 1.54) is 4.90 Å². The fraction of sp³-hybridized carbons (Fsp3) is 0.231. The smallest absolute Gasteiger partial charge is 0.325 e. The van der Waals surface area contributed by atoms with Crippen molar-refractivity contribution in [3.05, 3.63) is 35.9 Å². The monoisotopic (exact) mass is 229 g/mol. The topological polar surface area (TPSA) is 46.6 Å². The number of carbonyl (C=O) groups is 2. The quantitative estimate of drug-likeness (QED) is 0.527. The Morgan fingerprint density at radius 2 is 2.12 bits per heavy atom. The lowest BCUT2D eigenvalue weighted by molar-refractivity contribution is -0.159. The fourth-order valence-electron chi connectivity index (χ4n) is 1.80. The lowest BCUT2D eigenvalue weighted by Crippen LogP contribution is -2.45. The number of amides is 1. The van der Waals surface area contributed by atoms with Gasteiger partial charge in [0.15, 0.2) is 0 Å². The second kappa shape index (κ2) is 4.71. The van der Waals surface area contributed by atoms with E-state index in [1.54, 1.807) is 0 Å². The number of nitrogens with zero attached hydrogens (tertiary/aromatic N) is 1. The molecule has 1 atom stereocenters. The van der Waals surface area contributed by atoms with Gasteiger partial charge in [0.05, 0.1) is 6.04 Å². The van der Waals surface area contributed by atoms with Gasteiger partial charge in [-0.2, -0.15) is 0 Å². The van der Waals surface area contributed by atoms with E-state index >= 15 is 0 Å². The summed E-state index contributed by atoms with van der Waals surface area (Å²) in [7, 11) is 0. The number of ether oxygens (including phenoxy) is 1. The molecule has 4 heteroatoms. The van der Waals surface area contributed by atoms with Gasteiger partial charge in [-0.3, -0.25) is 9.59 Å². The van der Waals surface area contributed by atoms with Gasteiger partial charge in [0.25, 0.3) is 5.91 Å². The van der Waals surface area contributed by atoms with Gasteiger partial charge in [-0.05, 0) is 11.5 Å². The SMILES string of the molecule is C#CC(=O)N1CC(=O)OC[C@H]1c1ccccc1. The average Bonchev–Trinajstić information content (AvgIpc) is 2.38. The molecule has 0 bridgehead atoms. The molecular formula is C13H11NO3. The molecule has 1 aliphatic heterocycles. The van der Waals surface area contributed by atoms with Crippen molar-refractivity contribution in [3.63, 3.8) is 0 Å².